The number of likely N-dealkylation sites (tertiary alicyclic amines) is 1. The van der Waals surface area contributed by atoms with Gasteiger partial charge in [-0.25, -0.2) is 5.01 Å². The normalized spacial score (nSPS) is 42.1. The van der Waals surface area contributed by atoms with Crippen molar-refractivity contribution in [3.8, 4) is 0 Å². The number of ketones is 1. The first-order valence-corrected chi connectivity index (χ1v) is 16.5. The Bertz CT molecular complexity index is 880. The van der Waals surface area contributed by atoms with Crippen LogP contribution in [-0.4, -0.2) is 88.5 Å². The monoisotopic (exact) mass is 606 g/mol. The van der Waals surface area contributed by atoms with E-state index in [0.29, 0.717) is 46.9 Å². The van der Waals surface area contributed by atoms with Crippen molar-refractivity contribution in [3.05, 3.63) is 12.7 Å². The number of hydrazine groups is 1. The molecule has 0 aromatic heterocycles. The molecule has 6 fully saturated rings. The summed E-state index contributed by atoms with van der Waals surface area (Å²) in [5.74, 6) is 2.66. The molecule has 9 heteroatoms. The molecule has 6 aliphatic rings. The molecule has 0 aromatic carbocycles. The van der Waals surface area contributed by atoms with E-state index in [9.17, 15) is 9.59 Å². The predicted molar refractivity (Wildman–Crippen MR) is 159 cm³/mol. The Morgan fingerprint density at radius 1 is 0.949 bits per heavy atom. The van der Waals surface area contributed by atoms with Crippen molar-refractivity contribution >= 4 is 27.6 Å². The lowest BCUT2D eigenvalue weighted by Gasteiger charge is -2.48. The molecule has 6 rings (SSSR count). The minimum Gasteiger partial charge on any atom is -0.338 e. The van der Waals surface area contributed by atoms with Crippen LogP contribution in [-0.2, 0) is 9.59 Å². The van der Waals surface area contributed by atoms with Gasteiger partial charge in [-0.15, -0.1) is 0 Å². The average molecular weight is 608 g/mol. The van der Waals surface area contributed by atoms with Crippen molar-refractivity contribution in [2.75, 3.05) is 19.8 Å². The van der Waals surface area contributed by atoms with Crippen LogP contribution in [0.4, 0.5) is 0 Å². The summed E-state index contributed by atoms with van der Waals surface area (Å²) in [5, 5.41) is 13.4. The second-order valence-electron chi connectivity index (χ2n) is 13.1. The Morgan fingerprint density at radius 3 is 2.33 bits per heavy atom. The molecule has 0 bridgehead atoms. The van der Waals surface area contributed by atoms with Crippen LogP contribution in [0.15, 0.2) is 12.7 Å². The summed E-state index contributed by atoms with van der Waals surface area (Å²) < 4.78 is 0. The van der Waals surface area contributed by atoms with E-state index in [1.165, 1.54) is 64.4 Å². The number of carbonyl (C=O) groups excluding carboxylic acids is 2. The molecule has 4 saturated heterocycles. The van der Waals surface area contributed by atoms with E-state index in [4.69, 9.17) is 0 Å². The maximum Gasteiger partial charge on any atom is 0.241 e. The summed E-state index contributed by atoms with van der Waals surface area (Å²) >= 11 is 3.81. The lowest BCUT2D eigenvalue weighted by atomic mass is 9.77. The molecule has 0 spiro atoms. The number of amides is 1. The zero-order chi connectivity index (χ0) is 27.7. The summed E-state index contributed by atoms with van der Waals surface area (Å²) in [6.07, 6.45) is 12.8. The summed E-state index contributed by atoms with van der Waals surface area (Å²) in [6.45, 7) is 12.0. The molecule has 8 nitrogen and oxygen atoms in total. The van der Waals surface area contributed by atoms with Gasteiger partial charge in [-0.1, -0.05) is 49.2 Å². The van der Waals surface area contributed by atoms with Crippen LogP contribution < -0.4 is 21.4 Å². The highest BCUT2D eigenvalue weighted by Gasteiger charge is 2.54. The molecule has 39 heavy (non-hydrogen) atoms. The third-order valence-corrected chi connectivity index (χ3v) is 11.5. The lowest BCUT2D eigenvalue weighted by Crippen LogP contribution is -2.68. The van der Waals surface area contributed by atoms with E-state index in [2.05, 4.69) is 67.6 Å². The van der Waals surface area contributed by atoms with E-state index >= 15 is 0 Å². The van der Waals surface area contributed by atoms with Gasteiger partial charge in [-0.3, -0.25) is 25.6 Å². The van der Waals surface area contributed by atoms with Gasteiger partial charge in [0.1, 0.15) is 6.04 Å². The molecule has 8 unspecified atom stereocenters. The maximum atomic E-state index is 14.0. The first kappa shape index (κ1) is 29.6. The summed E-state index contributed by atoms with van der Waals surface area (Å²) in [4.78, 5) is 26.4. The molecule has 2 saturated carbocycles. The Hall–Kier alpha value is -0.840. The third kappa shape index (κ3) is 6.19. The van der Waals surface area contributed by atoms with E-state index < -0.39 is 0 Å². The molecule has 8 atom stereocenters. The number of nitrogens with one attached hydrogen (secondary N) is 4. The van der Waals surface area contributed by atoms with Crippen LogP contribution in [0, 0.1) is 17.8 Å². The van der Waals surface area contributed by atoms with Crippen LogP contribution in [0.1, 0.15) is 78.6 Å². The minimum atomic E-state index is -0.121. The fraction of sp³-hybridized carbons (Fsp3) is 0.867. The molecular weight excluding hydrogens is 556 g/mol. The zero-order valence-corrected chi connectivity index (χ0v) is 25.8. The number of rotatable bonds is 4. The van der Waals surface area contributed by atoms with Gasteiger partial charge in [-0.05, 0) is 69.8 Å². The third-order valence-electron chi connectivity index (χ3n) is 10.6. The number of hydrogen-bond donors (Lipinski definition) is 4. The van der Waals surface area contributed by atoms with Gasteiger partial charge in [0.25, 0.3) is 0 Å². The highest BCUT2D eigenvalue weighted by Crippen LogP contribution is 2.44. The highest BCUT2D eigenvalue weighted by atomic mass is 79.9. The largest absolute Gasteiger partial charge is 0.338 e. The standard InChI is InChI=1S/C26H45BrN6O.C4H6O/c1-15(2)16-7-9-17(10-8-16)33-21-11-12-32(20-6-4-3-5-19(31-33)22(20)21)26(34)25-24-23(29-14-30-24)18(27)13-28-25;1-3-4(2)5/h15-25,28-31H,3-14H2,1-2H3;3H,1H2,2H3. The molecule has 4 aliphatic heterocycles. The smallest absolute Gasteiger partial charge is 0.241 e. The predicted octanol–water partition coefficient (Wildman–Crippen LogP) is 2.93. The number of halogens is 1. The summed E-state index contributed by atoms with van der Waals surface area (Å²) in [5.41, 5.74) is 4.05. The Labute approximate surface area is 243 Å². The van der Waals surface area contributed by atoms with Crippen molar-refractivity contribution in [2.45, 2.75) is 126 Å². The molecule has 4 heterocycles. The van der Waals surface area contributed by atoms with Gasteiger partial charge in [0, 0.05) is 66.8 Å². The fourth-order valence-corrected chi connectivity index (χ4v) is 9.19. The van der Waals surface area contributed by atoms with Crippen molar-refractivity contribution in [3.63, 3.8) is 0 Å². The van der Waals surface area contributed by atoms with Crippen LogP contribution in [0.5, 0.6) is 0 Å². The van der Waals surface area contributed by atoms with E-state index in [1.54, 1.807) is 0 Å². The second kappa shape index (κ2) is 13.0. The van der Waals surface area contributed by atoms with E-state index in [1.807, 2.05) is 0 Å². The van der Waals surface area contributed by atoms with Crippen molar-refractivity contribution in [1.29, 1.82) is 0 Å². The van der Waals surface area contributed by atoms with E-state index in [-0.39, 0.29) is 17.9 Å². The number of alkyl halides is 1. The summed E-state index contributed by atoms with van der Waals surface area (Å²) in [6, 6.07) is 2.58. The van der Waals surface area contributed by atoms with Gasteiger partial charge in [0.2, 0.25) is 5.91 Å². The molecule has 0 radical (unpaired) electrons. The van der Waals surface area contributed by atoms with Crippen molar-refractivity contribution < 1.29 is 9.59 Å². The van der Waals surface area contributed by atoms with Gasteiger partial charge < -0.3 is 10.2 Å². The number of fused-ring (bicyclic) bond motifs is 1. The number of hydrogen-bond acceptors (Lipinski definition) is 7. The lowest BCUT2D eigenvalue weighted by molar-refractivity contribution is -0.141. The van der Waals surface area contributed by atoms with Crippen LogP contribution >= 0.6 is 15.9 Å². The maximum absolute atomic E-state index is 14.0. The first-order valence-electron chi connectivity index (χ1n) is 15.6. The number of nitrogens with zero attached hydrogens (tertiary/aromatic N) is 2. The Balaban J connectivity index is 0.000000567. The summed E-state index contributed by atoms with van der Waals surface area (Å²) in [7, 11) is 0. The molecule has 4 N–H and O–H groups in total. The fourth-order valence-electron chi connectivity index (χ4n) is 8.49. The van der Waals surface area contributed by atoms with Crippen molar-refractivity contribution in [2.24, 2.45) is 17.8 Å². The first-order chi connectivity index (χ1) is 18.8. The molecule has 2 aliphatic carbocycles. The minimum absolute atomic E-state index is 0.0185. The van der Waals surface area contributed by atoms with Crippen LogP contribution in [0.25, 0.3) is 0 Å². The molecule has 1 amide bonds. The molecule has 0 aromatic rings. The Kier molecular flexibility index (Phi) is 9.87. The highest BCUT2D eigenvalue weighted by molar-refractivity contribution is 9.09. The number of piperidine rings is 2. The van der Waals surface area contributed by atoms with Gasteiger partial charge in [-0.2, -0.15) is 0 Å². The SMILES string of the molecule is C=CC(C)=O.CC(C)C1CCC(N2NC3CCCCC4C3C2CCN4C(=O)C2NCC(Br)C3NCNC23)CC1. The van der Waals surface area contributed by atoms with Gasteiger partial charge in [0.15, 0.2) is 5.78 Å². The zero-order valence-electron chi connectivity index (χ0n) is 24.2. The Morgan fingerprint density at radius 2 is 1.64 bits per heavy atom. The quantitative estimate of drug-likeness (QED) is 0.289. The van der Waals surface area contributed by atoms with Crippen molar-refractivity contribution in [1.82, 2.24) is 31.3 Å². The van der Waals surface area contributed by atoms with Gasteiger partial charge in [0.05, 0.1) is 0 Å². The number of allylic oxidation sites excluding steroid dienone is 1. The molecule has 220 valence electrons. The van der Waals surface area contributed by atoms with E-state index in [0.717, 1.165) is 38.0 Å². The van der Waals surface area contributed by atoms with Crippen LogP contribution in [0.2, 0.25) is 0 Å². The number of carbonyl (C=O) groups is 2. The van der Waals surface area contributed by atoms with Gasteiger partial charge >= 0.3 is 0 Å². The second-order valence-corrected chi connectivity index (χ2v) is 14.3. The average Bonchev–Trinajstić information content (AvgIpc) is 3.52. The topological polar surface area (TPSA) is 88.7 Å². The molecular formula is C30H51BrN6O2. The van der Waals surface area contributed by atoms with Crippen LogP contribution in [0.3, 0.4) is 0 Å².